The highest BCUT2D eigenvalue weighted by molar-refractivity contribution is 5.75. The molecule has 0 spiro atoms. The first-order chi connectivity index (χ1) is 8.02. The molecule has 0 unspecified atom stereocenters. The maximum Gasteiger partial charge on any atom is 0.302 e. The van der Waals surface area contributed by atoms with Crippen molar-refractivity contribution in [3.8, 4) is 0 Å². The Bertz CT molecular complexity index is 224. The van der Waals surface area contributed by atoms with E-state index in [0.29, 0.717) is 5.78 Å². The second-order valence-corrected chi connectivity index (χ2v) is 4.78. The fourth-order valence-electron chi connectivity index (χ4n) is 1.86. The first-order valence-electron chi connectivity index (χ1n) is 6.69. The summed E-state index contributed by atoms with van der Waals surface area (Å²) in [6, 6.07) is 0. The van der Waals surface area contributed by atoms with Gasteiger partial charge in [0.25, 0.3) is 0 Å². The Balaban J connectivity index is 3.18. The summed E-state index contributed by atoms with van der Waals surface area (Å²) < 4.78 is 5.05. The van der Waals surface area contributed by atoms with Crippen molar-refractivity contribution in [1.82, 2.24) is 0 Å². The Morgan fingerprint density at radius 3 is 2.00 bits per heavy atom. The third-order valence-corrected chi connectivity index (χ3v) is 2.76. The largest absolute Gasteiger partial charge is 0.463 e. The van der Waals surface area contributed by atoms with Crippen molar-refractivity contribution in [2.75, 3.05) is 0 Å². The zero-order valence-corrected chi connectivity index (χ0v) is 11.5. The molecule has 0 aliphatic rings. The quantitative estimate of drug-likeness (QED) is 0.434. The van der Waals surface area contributed by atoms with E-state index in [1.54, 1.807) is 6.92 Å². The Labute approximate surface area is 105 Å². The van der Waals surface area contributed by atoms with Crippen LogP contribution in [-0.4, -0.2) is 17.9 Å². The van der Waals surface area contributed by atoms with Crippen LogP contribution in [0.2, 0.25) is 0 Å². The minimum Gasteiger partial charge on any atom is -0.463 e. The number of carbonyl (C=O) groups excluding carboxylic acids is 2. The molecule has 0 saturated heterocycles. The van der Waals surface area contributed by atoms with Crippen LogP contribution >= 0.6 is 0 Å². The second-order valence-electron chi connectivity index (χ2n) is 4.78. The number of ketones is 1. The first-order valence-corrected chi connectivity index (χ1v) is 6.69. The summed E-state index contributed by atoms with van der Waals surface area (Å²) in [6.45, 7) is 5.04. The van der Waals surface area contributed by atoms with Gasteiger partial charge in [-0.05, 0) is 33.1 Å². The molecular formula is C14H26O3. The normalized spacial score (nSPS) is 12.2. The lowest BCUT2D eigenvalue weighted by molar-refractivity contribution is -0.145. The van der Waals surface area contributed by atoms with Crippen molar-refractivity contribution >= 4 is 11.8 Å². The number of hydrogen-bond donors (Lipinski definition) is 0. The predicted molar refractivity (Wildman–Crippen MR) is 68.8 cm³/mol. The standard InChI is InChI=1S/C14H26O3/c1-12(15)10-8-6-4-5-7-9-11-13(2)17-14(3)16/h13H,4-11H2,1-3H3/t13-/m0/s1. The van der Waals surface area contributed by atoms with Gasteiger partial charge in [-0.1, -0.05) is 25.7 Å². The van der Waals surface area contributed by atoms with E-state index in [0.717, 1.165) is 32.1 Å². The number of unbranched alkanes of at least 4 members (excludes halogenated alkanes) is 5. The molecule has 0 aliphatic carbocycles. The van der Waals surface area contributed by atoms with E-state index in [-0.39, 0.29) is 12.1 Å². The summed E-state index contributed by atoms with van der Waals surface area (Å²) in [4.78, 5) is 21.4. The highest BCUT2D eigenvalue weighted by atomic mass is 16.5. The van der Waals surface area contributed by atoms with Crippen molar-refractivity contribution in [3.05, 3.63) is 0 Å². The number of hydrogen-bond acceptors (Lipinski definition) is 3. The predicted octanol–water partition coefficient (Wildman–Crippen LogP) is 3.65. The molecule has 0 N–H and O–H groups in total. The van der Waals surface area contributed by atoms with Crippen molar-refractivity contribution < 1.29 is 14.3 Å². The molecule has 0 aromatic carbocycles. The minimum atomic E-state index is -0.193. The SMILES string of the molecule is CC(=O)CCCCCCCC[C@H](C)OC(C)=O. The van der Waals surface area contributed by atoms with Crippen molar-refractivity contribution in [2.24, 2.45) is 0 Å². The molecular weight excluding hydrogens is 216 g/mol. The van der Waals surface area contributed by atoms with Crippen molar-refractivity contribution in [3.63, 3.8) is 0 Å². The first kappa shape index (κ1) is 16.1. The minimum absolute atomic E-state index is 0.0465. The molecule has 0 bridgehead atoms. The topological polar surface area (TPSA) is 43.4 Å². The van der Waals surface area contributed by atoms with Crippen LogP contribution in [0.3, 0.4) is 0 Å². The molecule has 1 atom stereocenters. The summed E-state index contributed by atoms with van der Waals surface area (Å²) >= 11 is 0. The lowest BCUT2D eigenvalue weighted by Crippen LogP contribution is -2.11. The van der Waals surface area contributed by atoms with Gasteiger partial charge in [-0.2, -0.15) is 0 Å². The van der Waals surface area contributed by atoms with Crippen LogP contribution in [0, 0.1) is 0 Å². The van der Waals surface area contributed by atoms with Crippen LogP contribution in [0.25, 0.3) is 0 Å². The Hall–Kier alpha value is -0.860. The van der Waals surface area contributed by atoms with E-state index in [4.69, 9.17) is 4.74 Å². The van der Waals surface area contributed by atoms with Crippen LogP contribution in [0.15, 0.2) is 0 Å². The van der Waals surface area contributed by atoms with Crippen LogP contribution in [0.5, 0.6) is 0 Å². The molecule has 0 rings (SSSR count). The molecule has 0 radical (unpaired) electrons. The van der Waals surface area contributed by atoms with Crippen molar-refractivity contribution in [1.29, 1.82) is 0 Å². The fourth-order valence-corrected chi connectivity index (χ4v) is 1.86. The average molecular weight is 242 g/mol. The maximum atomic E-state index is 10.7. The highest BCUT2D eigenvalue weighted by Crippen LogP contribution is 2.11. The van der Waals surface area contributed by atoms with Gasteiger partial charge in [0.05, 0.1) is 6.10 Å². The number of Topliss-reactive ketones (excluding diaryl/α,β-unsaturated/α-hetero) is 1. The van der Waals surface area contributed by atoms with Crippen LogP contribution in [0.1, 0.15) is 72.1 Å². The van der Waals surface area contributed by atoms with Gasteiger partial charge in [-0.25, -0.2) is 0 Å². The Morgan fingerprint density at radius 1 is 0.941 bits per heavy atom. The van der Waals surface area contributed by atoms with E-state index >= 15 is 0 Å². The molecule has 100 valence electrons. The van der Waals surface area contributed by atoms with E-state index < -0.39 is 0 Å². The third-order valence-electron chi connectivity index (χ3n) is 2.76. The lowest BCUT2D eigenvalue weighted by Gasteiger charge is -2.11. The van der Waals surface area contributed by atoms with E-state index in [2.05, 4.69) is 0 Å². The number of rotatable bonds is 10. The molecule has 0 aliphatic heterocycles. The Kier molecular flexibility index (Phi) is 9.78. The maximum absolute atomic E-state index is 10.7. The summed E-state index contributed by atoms with van der Waals surface area (Å²) in [6.07, 6.45) is 8.62. The highest BCUT2D eigenvalue weighted by Gasteiger charge is 2.04. The van der Waals surface area contributed by atoms with E-state index in [1.165, 1.54) is 26.2 Å². The zero-order valence-electron chi connectivity index (χ0n) is 11.5. The number of carbonyl (C=O) groups is 2. The molecule has 0 fully saturated rings. The van der Waals surface area contributed by atoms with Gasteiger partial charge < -0.3 is 9.53 Å². The second kappa shape index (κ2) is 10.3. The van der Waals surface area contributed by atoms with E-state index in [1.807, 2.05) is 6.92 Å². The molecule has 3 heteroatoms. The van der Waals surface area contributed by atoms with Gasteiger partial charge in [0.2, 0.25) is 0 Å². The van der Waals surface area contributed by atoms with Gasteiger partial charge >= 0.3 is 5.97 Å². The Morgan fingerprint density at radius 2 is 1.47 bits per heavy atom. The smallest absolute Gasteiger partial charge is 0.302 e. The van der Waals surface area contributed by atoms with Gasteiger partial charge in [0, 0.05) is 13.3 Å². The molecule has 17 heavy (non-hydrogen) atoms. The number of ether oxygens (including phenoxy) is 1. The molecule has 3 nitrogen and oxygen atoms in total. The zero-order chi connectivity index (χ0) is 13.1. The van der Waals surface area contributed by atoms with Gasteiger partial charge in [-0.3, -0.25) is 4.79 Å². The fraction of sp³-hybridized carbons (Fsp3) is 0.857. The molecule has 0 heterocycles. The van der Waals surface area contributed by atoms with Gasteiger partial charge in [0.15, 0.2) is 0 Å². The number of esters is 1. The summed E-state index contributed by atoms with van der Waals surface area (Å²) in [5.41, 5.74) is 0. The van der Waals surface area contributed by atoms with Crippen LogP contribution in [0.4, 0.5) is 0 Å². The van der Waals surface area contributed by atoms with E-state index in [9.17, 15) is 9.59 Å². The molecule has 0 aromatic heterocycles. The monoisotopic (exact) mass is 242 g/mol. The third kappa shape index (κ3) is 13.1. The molecule has 0 amide bonds. The van der Waals surface area contributed by atoms with Crippen molar-refractivity contribution in [2.45, 2.75) is 78.2 Å². The summed E-state index contributed by atoms with van der Waals surface area (Å²) in [5.74, 6) is 0.0990. The summed E-state index contributed by atoms with van der Waals surface area (Å²) in [7, 11) is 0. The van der Waals surface area contributed by atoms with Gasteiger partial charge in [0.1, 0.15) is 5.78 Å². The molecule has 0 aromatic rings. The lowest BCUT2D eigenvalue weighted by atomic mass is 10.1. The summed E-state index contributed by atoms with van der Waals surface area (Å²) in [5, 5.41) is 0. The van der Waals surface area contributed by atoms with Crippen LogP contribution < -0.4 is 0 Å². The molecule has 0 saturated carbocycles. The van der Waals surface area contributed by atoms with Gasteiger partial charge in [-0.15, -0.1) is 0 Å². The van der Waals surface area contributed by atoms with Crippen LogP contribution in [-0.2, 0) is 14.3 Å². The average Bonchev–Trinajstić information content (AvgIpc) is 2.20.